The van der Waals surface area contributed by atoms with Crippen molar-refractivity contribution in [2.45, 2.75) is 40.0 Å². The van der Waals surface area contributed by atoms with Crippen molar-refractivity contribution in [2.75, 3.05) is 0 Å². The molecule has 0 radical (unpaired) electrons. The minimum absolute atomic E-state index is 0.562. The third-order valence-corrected chi connectivity index (χ3v) is 3.37. The van der Waals surface area contributed by atoms with Crippen molar-refractivity contribution in [1.82, 2.24) is 9.97 Å². The lowest BCUT2D eigenvalue weighted by Crippen LogP contribution is -2.07. The summed E-state index contributed by atoms with van der Waals surface area (Å²) in [6, 6.07) is 10.5. The van der Waals surface area contributed by atoms with E-state index in [0.717, 1.165) is 19.3 Å². The lowest BCUT2D eigenvalue weighted by molar-refractivity contribution is 0.560. The summed E-state index contributed by atoms with van der Waals surface area (Å²) < 4.78 is 0. The Kier molecular flexibility index (Phi) is 5.28. The van der Waals surface area contributed by atoms with E-state index in [1.54, 1.807) is 0 Å². The Morgan fingerprint density at radius 2 is 1.60 bits per heavy atom. The smallest absolute Gasteiger partial charge is 0.0409 e. The molecule has 0 fully saturated rings. The van der Waals surface area contributed by atoms with Gasteiger partial charge in [0.1, 0.15) is 0 Å². The van der Waals surface area contributed by atoms with Gasteiger partial charge in [0.2, 0.25) is 0 Å². The zero-order chi connectivity index (χ0) is 14.4. The van der Waals surface area contributed by atoms with Crippen LogP contribution in [0.3, 0.4) is 0 Å². The molecule has 0 aromatic carbocycles. The molecule has 2 rings (SSSR count). The van der Waals surface area contributed by atoms with E-state index in [2.05, 4.69) is 55.0 Å². The highest BCUT2D eigenvalue weighted by Gasteiger charge is 2.08. The van der Waals surface area contributed by atoms with Crippen LogP contribution in [-0.2, 0) is 19.3 Å². The van der Waals surface area contributed by atoms with Gasteiger partial charge in [-0.25, -0.2) is 0 Å². The minimum atomic E-state index is 0.562. The Bertz CT molecular complexity index is 520. The second-order valence-corrected chi connectivity index (χ2v) is 6.09. The molecule has 0 bridgehead atoms. The summed E-state index contributed by atoms with van der Waals surface area (Å²) in [6.45, 7) is 6.78. The van der Waals surface area contributed by atoms with Crippen molar-refractivity contribution >= 4 is 0 Å². The molecule has 2 heterocycles. The van der Waals surface area contributed by atoms with Crippen molar-refractivity contribution in [2.24, 2.45) is 11.8 Å². The Morgan fingerprint density at radius 3 is 2.30 bits per heavy atom. The van der Waals surface area contributed by atoms with E-state index >= 15 is 0 Å². The number of nitrogens with zero attached hydrogens (tertiary/aromatic N) is 2. The maximum atomic E-state index is 4.51. The predicted molar refractivity (Wildman–Crippen MR) is 83.6 cm³/mol. The van der Waals surface area contributed by atoms with Crippen LogP contribution in [0, 0.1) is 11.8 Å². The zero-order valence-corrected chi connectivity index (χ0v) is 12.7. The molecule has 1 unspecified atom stereocenters. The first kappa shape index (κ1) is 14.7. The molecule has 0 N–H and O–H groups in total. The van der Waals surface area contributed by atoms with Gasteiger partial charge in [-0.05, 0) is 60.9 Å². The van der Waals surface area contributed by atoms with Crippen molar-refractivity contribution in [3.05, 3.63) is 59.7 Å². The standard InChI is InChI=1S/C18H24N2/c1-14(2)10-16-7-9-20-18(13-16)12-15(3)11-17-6-4-5-8-19-17/h4-9,13-15H,10-12H2,1-3H3. The fraction of sp³-hybridized carbons (Fsp3) is 0.444. The highest BCUT2D eigenvalue weighted by Crippen LogP contribution is 2.14. The summed E-state index contributed by atoms with van der Waals surface area (Å²) in [5, 5.41) is 0. The Labute approximate surface area is 122 Å². The fourth-order valence-electron chi connectivity index (χ4n) is 2.54. The third kappa shape index (κ3) is 4.76. The topological polar surface area (TPSA) is 25.8 Å². The minimum Gasteiger partial charge on any atom is -0.261 e. The largest absolute Gasteiger partial charge is 0.261 e. The lowest BCUT2D eigenvalue weighted by Gasteiger charge is -2.12. The van der Waals surface area contributed by atoms with E-state index in [-0.39, 0.29) is 0 Å². The van der Waals surface area contributed by atoms with Crippen LogP contribution in [0.15, 0.2) is 42.7 Å². The van der Waals surface area contributed by atoms with Gasteiger partial charge in [-0.3, -0.25) is 9.97 Å². The van der Waals surface area contributed by atoms with Gasteiger partial charge in [-0.15, -0.1) is 0 Å². The van der Waals surface area contributed by atoms with Gasteiger partial charge in [-0.1, -0.05) is 26.8 Å². The van der Waals surface area contributed by atoms with Crippen LogP contribution in [0.25, 0.3) is 0 Å². The Balaban J connectivity index is 1.95. The highest BCUT2D eigenvalue weighted by molar-refractivity contribution is 5.17. The van der Waals surface area contributed by atoms with Gasteiger partial charge < -0.3 is 0 Å². The molecular formula is C18H24N2. The predicted octanol–water partition coefficient (Wildman–Crippen LogP) is 4.10. The molecule has 2 heteroatoms. The Morgan fingerprint density at radius 1 is 0.850 bits per heavy atom. The molecule has 0 aliphatic heterocycles. The van der Waals surface area contributed by atoms with Crippen LogP contribution in [0.2, 0.25) is 0 Å². The number of hydrogen-bond donors (Lipinski definition) is 0. The molecular weight excluding hydrogens is 244 g/mol. The SMILES string of the molecule is CC(C)Cc1ccnc(CC(C)Cc2ccccn2)c1. The van der Waals surface area contributed by atoms with Gasteiger partial charge >= 0.3 is 0 Å². The third-order valence-electron chi connectivity index (χ3n) is 3.37. The number of pyridine rings is 2. The molecule has 2 aromatic heterocycles. The summed E-state index contributed by atoms with van der Waals surface area (Å²) in [4.78, 5) is 8.90. The normalized spacial score (nSPS) is 12.6. The van der Waals surface area contributed by atoms with Gasteiger partial charge in [0.05, 0.1) is 0 Å². The van der Waals surface area contributed by atoms with Crippen molar-refractivity contribution < 1.29 is 0 Å². The molecule has 20 heavy (non-hydrogen) atoms. The number of aromatic nitrogens is 2. The molecule has 0 spiro atoms. The fourth-order valence-corrected chi connectivity index (χ4v) is 2.54. The zero-order valence-electron chi connectivity index (χ0n) is 12.7. The second kappa shape index (κ2) is 7.18. The van der Waals surface area contributed by atoms with Gasteiger partial charge in [0.25, 0.3) is 0 Å². The number of hydrogen-bond acceptors (Lipinski definition) is 2. The molecule has 0 amide bonds. The van der Waals surface area contributed by atoms with Crippen LogP contribution >= 0.6 is 0 Å². The summed E-state index contributed by atoms with van der Waals surface area (Å²) in [7, 11) is 0. The highest BCUT2D eigenvalue weighted by atomic mass is 14.7. The summed E-state index contributed by atoms with van der Waals surface area (Å²) in [6.07, 6.45) is 6.97. The van der Waals surface area contributed by atoms with Crippen molar-refractivity contribution in [3.8, 4) is 0 Å². The molecule has 0 aliphatic carbocycles. The molecule has 2 nitrogen and oxygen atoms in total. The van der Waals surface area contributed by atoms with E-state index in [0.29, 0.717) is 11.8 Å². The first-order valence-corrected chi connectivity index (χ1v) is 7.47. The van der Waals surface area contributed by atoms with Gasteiger partial charge in [-0.2, -0.15) is 0 Å². The van der Waals surface area contributed by atoms with Crippen LogP contribution in [-0.4, -0.2) is 9.97 Å². The van der Waals surface area contributed by atoms with E-state index in [1.807, 2.05) is 18.5 Å². The first-order valence-electron chi connectivity index (χ1n) is 7.47. The first-order chi connectivity index (χ1) is 9.63. The molecule has 2 aromatic rings. The van der Waals surface area contributed by atoms with E-state index < -0.39 is 0 Å². The average Bonchev–Trinajstić information content (AvgIpc) is 2.39. The van der Waals surface area contributed by atoms with Gasteiger partial charge in [0.15, 0.2) is 0 Å². The average molecular weight is 268 g/mol. The van der Waals surface area contributed by atoms with Crippen LogP contribution < -0.4 is 0 Å². The summed E-state index contributed by atoms with van der Waals surface area (Å²) >= 11 is 0. The van der Waals surface area contributed by atoms with E-state index in [9.17, 15) is 0 Å². The lowest BCUT2D eigenvalue weighted by atomic mass is 9.97. The Hall–Kier alpha value is -1.70. The van der Waals surface area contributed by atoms with E-state index in [4.69, 9.17) is 0 Å². The molecule has 106 valence electrons. The molecule has 0 saturated heterocycles. The van der Waals surface area contributed by atoms with Crippen LogP contribution in [0.1, 0.15) is 37.7 Å². The van der Waals surface area contributed by atoms with Crippen LogP contribution in [0.5, 0.6) is 0 Å². The molecule has 0 aliphatic rings. The van der Waals surface area contributed by atoms with Crippen molar-refractivity contribution in [3.63, 3.8) is 0 Å². The maximum Gasteiger partial charge on any atom is 0.0409 e. The van der Waals surface area contributed by atoms with Gasteiger partial charge in [0, 0.05) is 23.8 Å². The molecule has 0 saturated carbocycles. The molecule has 1 atom stereocenters. The van der Waals surface area contributed by atoms with Crippen molar-refractivity contribution in [1.29, 1.82) is 0 Å². The summed E-state index contributed by atoms with van der Waals surface area (Å²) in [5.41, 5.74) is 3.76. The summed E-state index contributed by atoms with van der Waals surface area (Å²) in [5.74, 6) is 1.25. The van der Waals surface area contributed by atoms with Crippen LogP contribution in [0.4, 0.5) is 0 Å². The van der Waals surface area contributed by atoms with E-state index in [1.165, 1.54) is 17.0 Å². The monoisotopic (exact) mass is 268 g/mol. The quantitative estimate of drug-likeness (QED) is 0.788. The maximum absolute atomic E-state index is 4.51. The second-order valence-electron chi connectivity index (χ2n) is 6.09. The number of rotatable bonds is 6.